The number of urea groups is 1. The van der Waals surface area contributed by atoms with Gasteiger partial charge in [0, 0.05) is 16.3 Å². The van der Waals surface area contributed by atoms with Crippen molar-refractivity contribution in [1.29, 1.82) is 0 Å². The summed E-state index contributed by atoms with van der Waals surface area (Å²) < 4.78 is 6.33. The van der Waals surface area contributed by atoms with E-state index in [1.165, 1.54) is 6.07 Å². The molecule has 4 aromatic carbocycles. The van der Waals surface area contributed by atoms with E-state index in [0.29, 0.717) is 33.5 Å². The number of nitrogens with one attached hydrogen (secondary N) is 2. The first-order chi connectivity index (χ1) is 17.6. The molecule has 0 atom stereocenters. The van der Waals surface area contributed by atoms with Crippen molar-refractivity contribution in [2.75, 3.05) is 10.6 Å². The highest BCUT2D eigenvalue weighted by Crippen LogP contribution is 2.38. The van der Waals surface area contributed by atoms with Crippen LogP contribution in [0, 0.1) is 0 Å². The number of carbonyl (C=O) groups excluding carboxylic acids is 1. The van der Waals surface area contributed by atoms with E-state index in [4.69, 9.17) is 16.3 Å². The van der Waals surface area contributed by atoms with E-state index in [1.807, 2.05) is 36.4 Å². The monoisotopic (exact) mass is 514 g/mol. The van der Waals surface area contributed by atoms with Crippen LogP contribution in [0.2, 0.25) is 5.02 Å². The molecule has 0 unspecified atom stereocenters. The number of carboxylic acids is 1. The molecule has 4 rings (SSSR count). The molecule has 188 valence electrons. The molecule has 0 aliphatic heterocycles. The van der Waals surface area contributed by atoms with Gasteiger partial charge in [-0.2, -0.15) is 0 Å². The van der Waals surface area contributed by atoms with Crippen molar-refractivity contribution in [1.82, 2.24) is 0 Å². The lowest BCUT2D eigenvalue weighted by Crippen LogP contribution is -2.20. The van der Waals surface area contributed by atoms with E-state index in [2.05, 4.69) is 31.4 Å². The maximum Gasteiger partial charge on any atom is 0.335 e. The van der Waals surface area contributed by atoms with Crippen LogP contribution < -0.4 is 15.4 Å². The molecule has 0 saturated carbocycles. The van der Waals surface area contributed by atoms with Crippen LogP contribution in [0.5, 0.6) is 11.5 Å². The zero-order valence-electron chi connectivity index (χ0n) is 20.7. The van der Waals surface area contributed by atoms with Gasteiger partial charge in [-0.3, -0.25) is 0 Å². The van der Waals surface area contributed by atoms with Crippen molar-refractivity contribution in [3.8, 4) is 22.6 Å². The molecule has 3 N–H and O–H groups in total. The van der Waals surface area contributed by atoms with Gasteiger partial charge in [-0.05, 0) is 65.1 Å². The van der Waals surface area contributed by atoms with Gasteiger partial charge >= 0.3 is 12.0 Å². The quantitative estimate of drug-likeness (QED) is 0.241. The minimum atomic E-state index is -1.01. The first-order valence-electron chi connectivity index (χ1n) is 11.7. The lowest BCUT2D eigenvalue weighted by Gasteiger charge is -2.23. The minimum Gasteiger partial charge on any atom is -0.478 e. The van der Waals surface area contributed by atoms with Gasteiger partial charge in [-0.15, -0.1) is 0 Å². The molecule has 7 heteroatoms. The number of hydrogen-bond acceptors (Lipinski definition) is 3. The minimum absolute atomic E-state index is 0.161. The first kappa shape index (κ1) is 25.8. The largest absolute Gasteiger partial charge is 0.478 e. The molecule has 0 heterocycles. The Labute approximate surface area is 220 Å². The standard InChI is InChI=1S/C30H27ClN2O4/c1-30(2,3)24-12-4-5-13-26(24)37-27-15-14-20(19-8-6-9-21(16-19)28(34)35)17-25(27)33-29(36)32-23-11-7-10-22(31)18-23/h4-18H,1-3H3,(H,34,35)(H2,32,33,36). The van der Waals surface area contributed by atoms with E-state index in [1.54, 1.807) is 48.5 Å². The number of anilines is 2. The smallest absolute Gasteiger partial charge is 0.335 e. The van der Waals surface area contributed by atoms with Crippen molar-refractivity contribution < 1.29 is 19.4 Å². The lowest BCUT2D eigenvalue weighted by atomic mass is 9.86. The van der Waals surface area contributed by atoms with Crippen LogP contribution in [0.3, 0.4) is 0 Å². The summed E-state index contributed by atoms with van der Waals surface area (Å²) in [6, 6.07) is 26.1. The fourth-order valence-electron chi connectivity index (χ4n) is 3.87. The van der Waals surface area contributed by atoms with E-state index >= 15 is 0 Å². The zero-order chi connectivity index (χ0) is 26.6. The average molecular weight is 515 g/mol. The summed E-state index contributed by atoms with van der Waals surface area (Å²) in [6.07, 6.45) is 0. The number of hydrogen-bond donors (Lipinski definition) is 3. The summed E-state index contributed by atoms with van der Waals surface area (Å²) >= 11 is 6.05. The highest BCUT2D eigenvalue weighted by atomic mass is 35.5. The Morgan fingerprint density at radius 2 is 1.51 bits per heavy atom. The third-order valence-electron chi connectivity index (χ3n) is 5.67. The summed E-state index contributed by atoms with van der Waals surface area (Å²) in [5, 5.41) is 15.5. The van der Waals surface area contributed by atoms with Crippen molar-refractivity contribution in [3.63, 3.8) is 0 Å². The van der Waals surface area contributed by atoms with Gasteiger partial charge in [0.05, 0.1) is 11.3 Å². The Bertz CT molecular complexity index is 1460. The first-order valence-corrected chi connectivity index (χ1v) is 12.1. The van der Waals surface area contributed by atoms with Crippen LogP contribution in [0.15, 0.2) is 91.0 Å². The van der Waals surface area contributed by atoms with E-state index in [9.17, 15) is 14.7 Å². The van der Waals surface area contributed by atoms with E-state index < -0.39 is 12.0 Å². The summed E-state index contributed by atoms with van der Waals surface area (Å²) in [6.45, 7) is 6.31. The molecule has 0 spiro atoms. The molecule has 0 aromatic heterocycles. The Morgan fingerprint density at radius 3 is 2.24 bits per heavy atom. The highest BCUT2D eigenvalue weighted by molar-refractivity contribution is 6.30. The third-order valence-corrected chi connectivity index (χ3v) is 5.90. The summed E-state index contributed by atoms with van der Waals surface area (Å²) in [4.78, 5) is 24.4. The van der Waals surface area contributed by atoms with E-state index in [-0.39, 0.29) is 11.0 Å². The maximum absolute atomic E-state index is 12.9. The van der Waals surface area contributed by atoms with Crippen molar-refractivity contribution in [2.24, 2.45) is 0 Å². The number of aromatic carboxylic acids is 1. The molecular formula is C30H27ClN2O4. The number of carbonyl (C=O) groups is 2. The number of para-hydroxylation sites is 1. The molecule has 0 aliphatic rings. The van der Waals surface area contributed by atoms with Crippen LogP contribution in [0.1, 0.15) is 36.7 Å². The second-order valence-electron chi connectivity index (χ2n) is 9.53. The number of ether oxygens (including phenoxy) is 1. The van der Waals surface area contributed by atoms with Crippen LogP contribution >= 0.6 is 11.6 Å². The Kier molecular flexibility index (Phi) is 7.50. The topological polar surface area (TPSA) is 87.7 Å². The predicted molar refractivity (Wildman–Crippen MR) is 148 cm³/mol. The second kappa shape index (κ2) is 10.8. The average Bonchev–Trinajstić information content (AvgIpc) is 2.85. The number of amides is 2. The summed E-state index contributed by atoms with van der Waals surface area (Å²) in [7, 11) is 0. The van der Waals surface area contributed by atoms with Gasteiger partial charge in [-0.1, -0.05) is 74.8 Å². The van der Waals surface area contributed by atoms with Crippen molar-refractivity contribution in [2.45, 2.75) is 26.2 Å². The van der Waals surface area contributed by atoms with Gasteiger partial charge in [0.25, 0.3) is 0 Å². The molecule has 4 aromatic rings. The molecule has 0 radical (unpaired) electrons. The third kappa shape index (κ3) is 6.48. The molecular weight excluding hydrogens is 488 g/mol. The lowest BCUT2D eigenvalue weighted by molar-refractivity contribution is 0.0697. The molecule has 6 nitrogen and oxygen atoms in total. The maximum atomic E-state index is 12.9. The normalized spacial score (nSPS) is 11.0. The van der Waals surface area contributed by atoms with Crippen molar-refractivity contribution in [3.05, 3.63) is 107 Å². The molecule has 0 aliphatic carbocycles. The second-order valence-corrected chi connectivity index (χ2v) is 9.97. The van der Waals surface area contributed by atoms with Crippen LogP contribution in [0.4, 0.5) is 16.2 Å². The summed E-state index contributed by atoms with van der Waals surface area (Å²) in [5.41, 5.74) is 3.40. The Balaban J connectivity index is 1.72. The summed E-state index contributed by atoms with van der Waals surface area (Å²) in [5.74, 6) is 0.102. The van der Waals surface area contributed by atoms with Gasteiger partial charge in [0.15, 0.2) is 5.75 Å². The number of carboxylic acid groups (broad SMARTS) is 1. The number of rotatable bonds is 6. The van der Waals surface area contributed by atoms with Crippen molar-refractivity contribution >= 4 is 35.0 Å². The number of benzene rings is 4. The van der Waals surface area contributed by atoms with Gasteiger partial charge in [0.1, 0.15) is 5.75 Å². The molecule has 0 fully saturated rings. The fourth-order valence-corrected chi connectivity index (χ4v) is 4.06. The molecule has 0 bridgehead atoms. The van der Waals surface area contributed by atoms with Crippen LogP contribution in [-0.2, 0) is 5.41 Å². The van der Waals surface area contributed by atoms with E-state index in [0.717, 1.165) is 11.1 Å². The zero-order valence-corrected chi connectivity index (χ0v) is 21.5. The predicted octanol–water partition coefficient (Wildman–Crippen LogP) is 8.44. The SMILES string of the molecule is CC(C)(C)c1ccccc1Oc1ccc(-c2cccc(C(=O)O)c2)cc1NC(=O)Nc1cccc(Cl)c1. The van der Waals surface area contributed by atoms with Crippen LogP contribution in [-0.4, -0.2) is 17.1 Å². The fraction of sp³-hybridized carbons (Fsp3) is 0.133. The highest BCUT2D eigenvalue weighted by Gasteiger charge is 2.20. The molecule has 37 heavy (non-hydrogen) atoms. The number of halogens is 1. The van der Waals surface area contributed by atoms with Gasteiger partial charge in [0.2, 0.25) is 0 Å². The van der Waals surface area contributed by atoms with Gasteiger partial charge < -0.3 is 20.5 Å². The Hall–Kier alpha value is -4.29. The molecule has 0 saturated heterocycles. The Morgan fingerprint density at radius 1 is 0.784 bits per heavy atom. The van der Waals surface area contributed by atoms with Gasteiger partial charge in [-0.25, -0.2) is 9.59 Å². The van der Waals surface area contributed by atoms with Crippen LogP contribution in [0.25, 0.3) is 11.1 Å². The molecule has 2 amide bonds.